The largest absolute Gasteiger partial charge is 0.446 e. The fourth-order valence-electron chi connectivity index (χ4n) is 1.48. The number of hydrogen-bond donors (Lipinski definition) is 0. The lowest BCUT2D eigenvalue weighted by Gasteiger charge is -2.05. The Morgan fingerprint density at radius 1 is 1.17 bits per heavy atom. The molecule has 2 nitrogen and oxygen atoms in total. The first kappa shape index (κ1) is 9.30. The lowest BCUT2D eigenvalue weighted by molar-refractivity contribution is 0.455. The van der Waals surface area contributed by atoms with Crippen LogP contribution in [0.4, 0.5) is 0 Å². The van der Waals surface area contributed by atoms with E-state index in [4.69, 9.17) is 4.42 Å². The van der Waals surface area contributed by atoms with Gasteiger partial charge in [-0.15, -0.1) is 0 Å². The van der Waals surface area contributed by atoms with Crippen LogP contribution in [-0.2, 0) is 12.8 Å². The zero-order valence-electron chi connectivity index (χ0n) is 8.18. The van der Waals surface area contributed by atoms with Crippen LogP contribution in [0.15, 0.2) is 4.42 Å². The van der Waals surface area contributed by atoms with Crippen molar-refractivity contribution in [2.24, 2.45) is 0 Å². The number of nitrogens with zero attached hydrogens (tertiary/aromatic N) is 1. The molecule has 1 aliphatic carbocycles. The van der Waals surface area contributed by atoms with Gasteiger partial charge in [0.15, 0.2) is 5.89 Å². The molecule has 0 saturated heterocycles. The molecule has 0 aromatic carbocycles. The van der Waals surface area contributed by atoms with E-state index in [0.29, 0.717) is 0 Å². The molecule has 0 N–H and O–H groups in total. The third-order valence-corrected chi connectivity index (χ3v) is 1.95. The van der Waals surface area contributed by atoms with Crippen molar-refractivity contribution in [3.8, 4) is 0 Å². The monoisotopic (exact) mass is 167 g/mol. The molecule has 0 saturated carbocycles. The second kappa shape index (κ2) is 4.29. The second-order valence-electron chi connectivity index (χ2n) is 2.81. The van der Waals surface area contributed by atoms with E-state index in [-0.39, 0.29) is 0 Å². The Morgan fingerprint density at radius 2 is 1.83 bits per heavy atom. The Labute approximate surface area is 74.0 Å². The maximum atomic E-state index is 5.39. The summed E-state index contributed by atoms with van der Waals surface area (Å²) in [7, 11) is 0. The van der Waals surface area contributed by atoms with Crippen molar-refractivity contribution in [3.05, 3.63) is 17.3 Å². The fourth-order valence-corrected chi connectivity index (χ4v) is 1.48. The topological polar surface area (TPSA) is 26.0 Å². The summed E-state index contributed by atoms with van der Waals surface area (Å²) in [6.45, 7) is 5.92. The van der Waals surface area contributed by atoms with Gasteiger partial charge in [-0.05, 0) is 19.3 Å². The SMILES string of the molecule is CC.Cc1nc2c(o1)CCCC2. The molecular formula is C10H17NO. The summed E-state index contributed by atoms with van der Waals surface area (Å²) in [6, 6.07) is 0. The third-order valence-electron chi connectivity index (χ3n) is 1.95. The van der Waals surface area contributed by atoms with Crippen LogP contribution in [0.2, 0.25) is 0 Å². The second-order valence-corrected chi connectivity index (χ2v) is 2.81. The highest BCUT2D eigenvalue weighted by Crippen LogP contribution is 2.20. The Morgan fingerprint density at radius 3 is 2.50 bits per heavy atom. The zero-order chi connectivity index (χ0) is 8.97. The Bertz CT molecular complexity index is 216. The minimum Gasteiger partial charge on any atom is -0.446 e. The molecule has 1 aromatic rings. The van der Waals surface area contributed by atoms with E-state index < -0.39 is 0 Å². The highest BCUT2D eigenvalue weighted by molar-refractivity contribution is 5.12. The van der Waals surface area contributed by atoms with Crippen LogP contribution in [0.1, 0.15) is 44.0 Å². The first-order valence-electron chi connectivity index (χ1n) is 4.81. The first-order chi connectivity index (χ1) is 5.86. The van der Waals surface area contributed by atoms with Gasteiger partial charge in [-0.25, -0.2) is 4.98 Å². The quantitative estimate of drug-likeness (QED) is 0.593. The molecule has 0 bridgehead atoms. The van der Waals surface area contributed by atoms with Crippen LogP contribution in [-0.4, -0.2) is 4.98 Å². The molecule has 0 aliphatic heterocycles. The number of oxazole rings is 1. The highest BCUT2D eigenvalue weighted by Gasteiger charge is 2.14. The van der Waals surface area contributed by atoms with E-state index in [9.17, 15) is 0 Å². The Balaban J connectivity index is 0.000000336. The van der Waals surface area contributed by atoms with Crippen LogP contribution < -0.4 is 0 Å². The predicted molar refractivity (Wildman–Crippen MR) is 49.2 cm³/mol. The molecule has 0 unspecified atom stereocenters. The molecule has 1 aliphatic rings. The molecule has 0 atom stereocenters. The van der Waals surface area contributed by atoms with Gasteiger partial charge < -0.3 is 4.42 Å². The summed E-state index contributed by atoms with van der Waals surface area (Å²) < 4.78 is 5.39. The molecular weight excluding hydrogens is 150 g/mol. The third kappa shape index (κ3) is 1.87. The van der Waals surface area contributed by atoms with Crippen LogP contribution in [0, 0.1) is 6.92 Å². The van der Waals surface area contributed by atoms with Crippen LogP contribution in [0.25, 0.3) is 0 Å². The summed E-state index contributed by atoms with van der Waals surface area (Å²) in [5.74, 6) is 1.95. The van der Waals surface area contributed by atoms with Crippen molar-refractivity contribution >= 4 is 0 Å². The summed E-state index contributed by atoms with van der Waals surface area (Å²) in [5, 5.41) is 0. The van der Waals surface area contributed by atoms with Crippen molar-refractivity contribution in [2.45, 2.75) is 46.5 Å². The first-order valence-corrected chi connectivity index (χ1v) is 4.81. The lowest BCUT2D eigenvalue weighted by Crippen LogP contribution is -1.99. The highest BCUT2D eigenvalue weighted by atomic mass is 16.4. The van der Waals surface area contributed by atoms with Gasteiger partial charge in [0, 0.05) is 13.3 Å². The number of aromatic nitrogens is 1. The fraction of sp³-hybridized carbons (Fsp3) is 0.700. The maximum Gasteiger partial charge on any atom is 0.191 e. The molecule has 2 heteroatoms. The van der Waals surface area contributed by atoms with Crippen molar-refractivity contribution < 1.29 is 4.42 Å². The van der Waals surface area contributed by atoms with E-state index in [2.05, 4.69) is 4.98 Å². The Hall–Kier alpha value is -0.790. The summed E-state index contributed by atoms with van der Waals surface area (Å²) in [4.78, 5) is 4.28. The summed E-state index contributed by atoms with van der Waals surface area (Å²) in [6.07, 6.45) is 4.75. The van der Waals surface area contributed by atoms with Crippen LogP contribution in [0.5, 0.6) is 0 Å². The normalized spacial score (nSPS) is 14.6. The Kier molecular flexibility index (Phi) is 3.32. The maximum absolute atomic E-state index is 5.39. The number of rotatable bonds is 0. The smallest absolute Gasteiger partial charge is 0.191 e. The van der Waals surface area contributed by atoms with Gasteiger partial charge in [0.1, 0.15) is 5.76 Å². The molecule has 1 aromatic heterocycles. The van der Waals surface area contributed by atoms with Crippen molar-refractivity contribution in [2.75, 3.05) is 0 Å². The van der Waals surface area contributed by atoms with Crippen molar-refractivity contribution in [3.63, 3.8) is 0 Å². The number of hydrogen-bond acceptors (Lipinski definition) is 2. The number of aryl methyl sites for hydroxylation is 3. The summed E-state index contributed by atoms with van der Waals surface area (Å²) in [5.41, 5.74) is 1.20. The molecule has 0 fully saturated rings. The van der Waals surface area contributed by atoms with E-state index in [0.717, 1.165) is 24.5 Å². The number of fused-ring (bicyclic) bond motifs is 1. The lowest BCUT2D eigenvalue weighted by atomic mass is 10.0. The van der Waals surface area contributed by atoms with E-state index in [1.165, 1.54) is 18.5 Å². The molecule has 0 spiro atoms. The predicted octanol–water partition coefficient (Wildman–Crippen LogP) is 2.89. The molecule has 2 rings (SSSR count). The molecule has 1 heterocycles. The van der Waals surface area contributed by atoms with Gasteiger partial charge in [0.25, 0.3) is 0 Å². The van der Waals surface area contributed by atoms with E-state index >= 15 is 0 Å². The van der Waals surface area contributed by atoms with Gasteiger partial charge >= 0.3 is 0 Å². The minimum atomic E-state index is 0.826. The summed E-state index contributed by atoms with van der Waals surface area (Å²) >= 11 is 0. The van der Waals surface area contributed by atoms with E-state index in [1.54, 1.807) is 0 Å². The molecule has 12 heavy (non-hydrogen) atoms. The molecule has 68 valence electrons. The van der Waals surface area contributed by atoms with Gasteiger partial charge in [0.2, 0.25) is 0 Å². The standard InChI is InChI=1S/C8H11NO.C2H6/c1-6-9-7-4-2-3-5-8(7)10-6;1-2/h2-5H2,1H3;1-2H3. The molecule has 0 radical (unpaired) electrons. The van der Waals surface area contributed by atoms with E-state index in [1.807, 2.05) is 20.8 Å². The van der Waals surface area contributed by atoms with Crippen LogP contribution in [0.3, 0.4) is 0 Å². The van der Waals surface area contributed by atoms with Gasteiger partial charge in [-0.2, -0.15) is 0 Å². The van der Waals surface area contributed by atoms with Gasteiger partial charge in [0.05, 0.1) is 5.69 Å². The van der Waals surface area contributed by atoms with Crippen LogP contribution >= 0.6 is 0 Å². The minimum absolute atomic E-state index is 0.826. The van der Waals surface area contributed by atoms with Gasteiger partial charge in [-0.1, -0.05) is 13.8 Å². The van der Waals surface area contributed by atoms with Crippen molar-refractivity contribution in [1.29, 1.82) is 0 Å². The molecule has 0 amide bonds. The average molecular weight is 167 g/mol. The zero-order valence-corrected chi connectivity index (χ0v) is 8.18. The van der Waals surface area contributed by atoms with Gasteiger partial charge in [-0.3, -0.25) is 0 Å². The average Bonchev–Trinajstić information content (AvgIpc) is 2.48. The van der Waals surface area contributed by atoms with Crippen molar-refractivity contribution in [1.82, 2.24) is 4.98 Å².